The quantitative estimate of drug-likeness (QED) is 0.366. The van der Waals surface area contributed by atoms with Crippen LogP contribution in [0.1, 0.15) is 6.42 Å². The molecule has 1 saturated heterocycles. The summed E-state index contributed by atoms with van der Waals surface area (Å²) in [5.41, 5.74) is 2.36. The van der Waals surface area contributed by atoms with Crippen LogP contribution >= 0.6 is 0 Å². The van der Waals surface area contributed by atoms with E-state index in [0.29, 0.717) is 45.2 Å². The van der Waals surface area contributed by atoms with Gasteiger partial charge in [-0.05, 0) is 55.9 Å². The third kappa shape index (κ3) is 4.99. The SMILES string of the molecule is C=CC(=O)Nc1cc(Nc2cc3c(-c4cccc(F)c4)onc3cn2)ccc1OC1CCN(C)C1. The molecule has 1 atom stereocenters. The Morgan fingerprint density at radius 2 is 2.17 bits per heavy atom. The molecular formula is C26H24FN5O3. The lowest BCUT2D eigenvalue weighted by Crippen LogP contribution is -2.22. The molecule has 1 unspecified atom stereocenters. The van der Waals surface area contributed by atoms with E-state index in [1.807, 2.05) is 12.1 Å². The normalized spacial score (nSPS) is 15.8. The largest absolute Gasteiger partial charge is 0.487 e. The van der Waals surface area contributed by atoms with Crippen LogP contribution in [0.2, 0.25) is 0 Å². The van der Waals surface area contributed by atoms with E-state index in [0.717, 1.165) is 19.5 Å². The number of carbonyl (C=O) groups is 1. The summed E-state index contributed by atoms with van der Waals surface area (Å²) in [6.45, 7) is 5.32. The molecule has 2 N–H and O–H groups in total. The second-order valence-corrected chi connectivity index (χ2v) is 8.43. The minimum atomic E-state index is -0.361. The molecule has 1 amide bonds. The zero-order chi connectivity index (χ0) is 24.4. The molecule has 0 spiro atoms. The first kappa shape index (κ1) is 22.5. The Hall–Kier alpha value is -4.24. The van der Waals surface area contributed by atoms with E-state index in [1.54, 1.807) is 30.5 Å². The van der Waals surface area contributed by atoms with Crippen molar-refractivity contribution >= 4 is 34.0 Å². The first-order valence-corrected chi connectivity index (χ1v) is 11.2. The number of hydrogen-bond acceptors (Lipinski definition) is 7. The number of carbonyl (C=O) groups excluding carboxylic acids is 1. The highest BCUT2D eigenvalue weighted by Crippen LogP contribution is 2.33. The van der Waals surface area contributed by atoms with Crippen LogP contribution in [0.15, 0.2) is 71.9 Å². The molecule has 0 aliphatic carbocycles. The predicted octanol–water partition coefficient (Wildman–Crippen LogP) is 4.98. The number of anilines is 3. The van der Waals surface area contributed by atoms with Crippen molar-refractivity contribution in [3.05, 3.63) is 73.2 Å². The number of nitrogens with zero attached hydrogens (tertiary/aromatic N) is 3. The number of hydrogen-bond donors (Lipinski definition) is 2. The summed E-state index contributed by atoms with van der Waals surface area (Å²) in [7, 11) is 2.05. The van der Waals surface area contributed by atoms with E-state index in [-0.39, 0.29) is 17.8 Å². The second-order valence-electron chi connectivity index (χ2n) is 8.43. The van der Waals surface area contributed by atoms with Crippen molar-refractivity contribution in [2.45, 2.75) is 12.5 Å². The molecule has 0 saturated carbocycles. The molecule has 2 aromatic heterocycles. The van der Waals surface area contributed by atoms with Crippen LogP contribution in [-0.2, 0) is 4.79 Å². The number of fused-ring (bicyclic) bond motifs is 1. The summed E-state index contributed by atoms with van der Waals surface area (Å²) in [5.74, 6) is 0.876. The van der Waals surface area contributed by atoms with E-state index in [9.17, 15) is 9.18 Å². The van der Waals surface area contributed by atoms with Gasteiger partial charge in [0.2, 0.25) is 5.91 Å². The van der Waals surface area contributed by atoms with Crippen LogP contribution in [0, 0.1) is 5.82 Å². The lowest BCUT2D eigenvalue weighted by Gasteiger charge is -2.18. The molecule has 178 valence electrons. The number of rotatable bonds is 7. The van der Waals surface area contributed by atoms with Gasteiger partial charge in [-0.1, -0.05) is 23.9 Å². The molecule has 1 fully saturated rings. The average Bonchev–Trinajstić information content (AvgIpc) is 3.46. The molecule has 5 rings (SSSR count). The third-order valence-corrected chi connectivity index (χ3v) is 5.79. The van der Waals surface area contributed by atoms with Crippen LogP contribution in [0.3, 0.4) is 0 Å². The summed E-state index contributed by atoms with van der Waals surface area (Å²) in [5, 5.41) is 10.8. The zero-order valence-electron chi connectivity index (χ0n) is 19.1. The number of pyridine rings is 1. The van der Waals surface area contributed by atoms with E-state index in [4.69, 9.17) is 9.26 Å². The highest BCUT2D eigenvalue weighted by atomic mass is 19.1. The van der Waals surface area contributed by atoms with Gasteiger partial charge in [-0.15, -0.1) is 0 Å². The Labute approximate surface area is 201 Å². The average molecular weight is 474 g/mol. The number of likely N-dealkylation sites (N-methyl/N-ethyl adjacent to an activating group) is 1. The minimum Gasteiger partial charge on any atom is -0.487 e. The van der Waals surface area contributed by atoms with Crippen LogP contribution in [-0.4, -0.2) is 47.2 Å². The number of halogens is 1. The monoisotopic (exact) mass is 473 g/mol. The lowest BCUT2D eigenvalue weighted by molar-refractivity contribution is -0.111. The van der Waals surface area contributed by atoms with Gasteiger partial charge in [-0.3, -0.25) is 4.79 Å². The van der Waals surface area contributed by atoms with Crippen molar-refractivity contribution in [3.63, 3.8) is 0 Å². The van der Waals surface area contributed by atoms with Gasteiger partial charge < -0.3 is 24.8 Å². The van der Waals surface area contributed by atoms with Crippen molar-refractivity contribution in [2.24, 2.45) is 0 Å². The molecule has 9 heteroatoms. The topological polar surface area (TPSA) is 92.5 Å². The molecule has 1 aliphatic rings. The first-order valence-electron chi connectivity index (χ1n) is 11.2. The Bertz CT molecular complexity index is 1400. The third-order valence-electron chi connectivity index (χ3n) is 5.79. The summed E-state index contributed by atoms with van der Waals surface area (Å²) < 4.78 is 25.3. The molecule has 3 heterocycles. The van der Waals surface area contributed by atoms with Crippen molar-refractivity contribution < 1.29 is 18.4 Å². The van der Waals surface area contributed by atoms with Gasteiger partial charge in [0.25, 0.3) is 0 Å². The van der Waals surface area contributed by atoms with Crippen molar-refractivity contribution in [1.29, 1.82) is 0 Å². The summed E-state index contributed by atoms with van der Waals surface area (Å²) in [6, 6.07) is 13.4. The van der Waals surface area contributed by atoms with Crippen LogP contribution in [0.5, 0.6) is 5.75 Å². The highest BCUT2D eigenvalue weighted by Gasteiger charge is 2.22. The van der Waals surface area contributed by atoms with Crippen LogP contribution in [0.4, 0.5) is 21.6 Å². The van der Waals surface area contributed by atoms with Gasteiger partial charge in [0.15, 0.2) is 5.76 Å². The molecule has 4 aromatic rings. The fourth-order valence-electron chi connectivity index (χ4n) is 4.06. The fourth-order valence-corrected chi connectivity index (χ4v) is 4.06. The van der Waals surface area contributed by atoms with E-state index >= 15 is 0 Å². The van der Waals surface area contributed by atoms with Gasteiger partial charge in [0.1, 0.15) is 29.0 Å². The molecule has 2 aromatic carbocycles. The predicted molar refractivity (Wildman–Crippen MR) is 132 cm³/mol. The van der Waals surface area contributed by atoms with E-state index in [1.165, 1.54) is 18.2 Å². The Kier molecular flexibility index (Phi) is 6.15. The number of amides is 1. The highest BCUT2D eigenvalue weighted by molar-refractivity contribution is 6.00. The van der Waals surface area contributed by atoms with Crippen molar-refractivity contribution in [2.75, 3.05) is 30.8 Å². The standard InChI is InChI=1S/C26H24FN5O3/c1-3-25(33)30-21-12-18(7-8-23(21)34-19-9-10-32(2)15-19)29-24-13-20-22(14-28-24)31-35-26(20)16-5-4-6-17(27)11-16/h3-8,11-14,19,29H,1,9-10,15H2,2H3,(H,30,33). The maximum Gasteiger partial charge on any atom is 0.247 e. The number of benzene rings is 2. The minimum absolute atomic E-state index is 0.0529. The Morgan fingerprint density at radius 1 is 1.29 bits per heavy atom. The second kappa shape index (κ2) is 9.55. The first-order chi connectivity index (χ1) is 17.0. The maximum atomic E-state index is 13.7. The van der Waals surface area contributed by atoms with Gasteiger partial charge >= 0.3 is 0 Å². The molecule has 0 bridgehead atoms. The smallest absolute Gasteiger partial charge is 0.247 e. The number of ether oxygens (including phenoxy) is 1. The van der Waals surface area contributed by atoms with Crippen LogP contribution in [0.25, 0.3) is 22.2 Å². The summed E-state index contributed by atoms with van der Waals surface area (Å²) in [4.78, 5) is 18.6. The van der Waals surface area contributed by atoms with Crippen molar-refractivity contribution in [3.8, 4) is 17.1 Å². The number of aromatic nitrogens is 2. The molecule has 0 radical (unpaired) electrons. The maximum absolute atomic E-state index is 13.7. The molecule has 8 nitrogen and oxygen atoms in total. The van der Waals surface area contributed by atoms with E-state index < -0.39 is 0 Å². The number of likely N-dealkylation sites (tertiary alicyclic amines) is 1. The van der Waals surface area contributed by atoms with Gasteiger partial charge in [0.05, 0.1) is 17.3 Å². The van der Waals surface area contributed by atoms with Crippen molar-refractivity contribution in [1.82, 2.24) is 15.0 Å². The van der Waals surface area contributed by atoms with E-state index in [2.05, 4.69) is 39.3 Å². The molecule has 1 aliphatic heterocycles. The lowest BCUT2D eigenvalue weighted by atomic mass is 10.1. The Morgan fingerprint density at radius 3 is 2.94 bits per heavy atom. The summed E-state index contributed by atoms with van der Waals surface area (Å²) >= 11 is 0. The number of nitrogens with one attached hydrogen (secondary N) is 2. The Balaban J connectivity index is 1.43. The fraction of sp³-hybridized carbons (Fsp3) is 0.192. The summed E-state index contributed by atoms with van der Waals surface area (Å²) in [6.07, 6.45) is 3.76. The van der Waals surface area contributed by atoms with Gasteiger partial charge in [0, 0.05) is 24.3 Å². The molecular weight excluding hydrogens is 449 g/mol. The van der Waals surface area contributed by atoms with Crippen LogP contribution < -0.4 is 15.4 Å². The zero-order valence-corrected chi connectivity index (χ0v) is 19.1. The van der Waals surface area contributed by atoms with Gasteiger partial charge in [-0.2, -0.15) is 0 Å². The van der Waals surface area contributed by atoms with Gasteiger partial charge in [-0.25, -0.2) is 9.37 Å². The molecule has 35 heavy (non-hydrogen) atoms.